The quantitative estimate of drug-likeness (QED) is 0.852. The number of anilines is 1. The van der Waals surface area contributed by atoms with Crippen molar-refractivity contribution in [2.45, 2.75) is 32.3 Å². The number of nitrogens with zero attached hydrogens (tertiary/aromatic N) is 1. The highest BCUT2D eigenvalue weighted by atomic mass is 35.5. The van der Waals surface area contributed by atoms with Crippen LogP contribution in [0.1, 0.15) is 26.2 Å². The molecule has 2 unspecified atom stereocenters. The second-order valence-corrected chi connectivity index (χ2v) is 6.48. The highest BCUT2D eigenvalue weighted by Crippen LogP contribution is 2.34. The smallest absolute Gasteiger partial charge is 0.262 e. The van der Waals surface area contributed by atoms with Crippen LogP contribution in [0.4, 0.5) is 5.69 Å². The molecule has 2 N–H and O–H groups in total. The third kappa shape index (κ3) is 4.54. The Morgan fingerprint density at radius 3 is 3.00 bits per heavy atom. The van der Waals surface area contributed by atoms with Gasteiger partial charge < -0.3 is 20.3 Å². The van der Waals surface area contributed by atoms with Crippen molar-refractivity contribution in [1.29, 1.82) is 0 Å². The van der Waals surface area contributed by atoms with Crippen molar-refractivity contribution in [3.05, 3.63) is 24.3 Å². The molecular formula is C18H28ClN3O2. The summed E-state index contributed by atoms with van der Waals surface area (Å²) in [6.45, 7) is 6.55. The number of rotatable bonds is 5. The van der Waals surface area contributed by atoms with E-state index in [4.69, 9.17) is 4.74 Å². The molecule has 2 atom stereocenters. The summed E-state index contributed by atoms with van der Waals surface area (Å²) >= 11 is 0. The van der Waals surface area contributed by atoms with Crippen molar-refractivity contribution in [2.75, 3.05) is 37.6 Å². The van der Waals surface area contributed by atoms with E-state index >= 15 is 0 Å². The number of amides is 1. The van der Waals surface area contributed by atoms with E-state index in [9.17, 15) is 4.79 Å². The summed E-state index contributed by atoms with van der Waals surface area (Å²) in [5.74, 6) is 1.45. The van der Waals surface area contributed by atoms with E-state index in [1.54, 1.807) is 0 Å². The number of halogens is 1. The van der Waals surface area contributed by atoms with E-state index in [0.717, 1.165) is 37.5 Å². The zero-order valence-corrected chi connectivity index (χ0v) is 15.1. The first kappa shape index (κ1) is 18.9. The van der Waals surface area contributed by atoms with E-state index in [0.29, 0.717) is 19.0 Å². The van der Waals surface area contributed by atoms with Gasteiger partial charge in [0.2, 0.25) is 0 Å². The summed E-state index contributed by atoms with van der Waals surface area (Å²) in [7, 11) is 0. The summed E-state index contributed by atoms with van der Waals surface area (Å²) in [5.41, 5.74) is 1.11. The van der Waals surface area contributed by atoms with Gasteiger partial charge in [-0.25, -0.2) is 0 Å². The van der Waals surface area contributed by atoms with Crippen molar-refractivity contribution >= 4 is 24.0 Å². The molecule has 0 aromatic heterocycles. The van der Waals surface area contributed by atoms with Gasteiger partial charge >= 0.3 is 0 Å². The maximum Gasteiger partial charge on any atom is 0.262 e. The molecule has 1 aromatic carbocycles. The van der Waals surface area contributed by atoms with E-state index in [1.807, 2.05) is 18.2 Å². The molecule has 0 saturated carbocycles. The monoisotopic (exact) mass is 353 g/mol. The van der Waals surface area contributed by atoms with E-state index in [1.165, 1.54) is 12.8 Å². The topological polar surface area (TPSA) is 53.6 Å². The predicted octanol–water partition coefficient (Wildman–Crippen LogP) is 2.20. The Bertz CT molecular complexity index is 535. The lowest BCUT2D eigenvalue weighted by Crippen LogP contribution is -2.51. The number of carbonyl (C=O) groups excluding carboxylic acids is 1. The number of nitrogens with one attached hydrogen (secondary N) is 2. The van der Waals surface area contributed by atoms with Crippen LogP contribution in [-0.4, -0.2) is 44.7 Å². The van der Waals surface area contributed by atoms with Crippen molar-refractivity contribution in [3.63, 3.8) is 0 Å². The number of fused-ring (bicyclic) bond motifs is 1. The first-order valence-corrected chi connectivity index (χ1v) is 8.77. The molecule has 2 aliphatic heterocycles. The number of hydrogen-bond donors (Lipinski definition) is 2. The van der Waals surface area contributed by atoms with Crippen LogP contribution < -0.4 is 20.3 Å². The molecule has 5 nitrogen and oxygen atoms in total. The van der Waals surface area contributed by atoms with Crippen LogP contribution >= 0.6 is 12.4 Å². The summed E-state index contributed by atoms with van der Waals surface area (Å²) in [5, 5.41) is 6.43. The van der Waals surface area contributed by atoms with Gasteiger partial charge in [-0.2, -0.15) is 0 Å². The minimum atomic E-state index is -0.423. The average molecular weight is 354 g/mol. The Kier molecular flexibility index (Phi) is 7.18. The highest BCUT2D eigenvalue weighted by Gasteiger charge is 2.31. The second kappa shape index (κ2) is 9.14. The van der Waals surface area contributed by atoms with Gasteiger partial charge in [0.1, 0.15) is 5.75 Å². The Hall–Kier alpha value is -1.46. The molecule has 134 valence electrons. The third-order valence-corrected chi connectivity index (χ3v) is 4.58. The molecule has 0 radical (unpaired) electrons. The van der Waals surface area contributed by atoms with Crippen LogP contribution in [0.3, 0.4) is 0 Å². The van der Waals surface area contributed by atoms with Gasteiger partial charge in [-0.15, -0.1) is 12.4 Å². The Balaban J connectivity index is 0.00000208. The zero-order chi connectivity index (χ0) is 16.1. The van der Waals surface area contributed by atoms with Gasteiger partial charge in [0, 0.05) is 13.1 Å². The molecule has 2 aliphatic rings. The van der Waals surface area contributed by atoms with E-state index in [2.05, 4.69) is 28.5 Å². The molecule has 3 rings (SSSR count). The minimum Gasteiger partial charge on any atom is -0.477 e. The number of carbonyl (C=O) groups is 1. The third-order valence-electron chi connectivity index (χ3n) is 4.58. The fourth-order valence-corrected chi connectivity index (χ4v) is 3.37. The van der Waals surface area contributed by atoms with Crippen molar-refractivity contribution in [2.24, 2.45) is 5.92 Å². The lowest BCUT2D eigenvalue weighted by Gasteiger charge is -2.38. The summed E-state index contributed by atoms with van der Waals surface area (Å²) < 4.78 is 5.94. The van der Waals surface area contributed by atoms with Crippen molar-refractivity contribution < 1.29 is 9.53 Å². The predicted molar refractivity (Wildman–Crippen MR) is 99.2 cm³/mol. The lowest BCUT2D eigenvalue weighted by molar-refractivity contribution is -0.127. The number of para-hydroxylation sites is 2. The van der Waals surface area contributed by atoms with Crippen LogP contribution in [0.2, 0.25) is 0 Å². The Morgan fingerprint density at radius 1 is 1.42 bits per heavy atom. The summed E-state index contributed by atoms with van der Waals surface area (Å²) in [6.07, 6.45) is 3.00. The Labute approximate surface area is 150 Å². The van der Waals surface area contributed by atoms with Crippen LogP contribution in [0, 0.1) is 5.92 Å². The molecular weight excluding hydrogens is 326 g/mol. The molecule has 6 heteroatoms. The molecule has 24 heavy (non-hydrogen) atoms. The molecule has 1 fully saturated rings. The van der Waals surface area contributed by atoms with E-state index in [-0.39, 0.29) is 18.3 Å². The normalized spacial score (nSPS) is 22.8. The molecule has 0 bridgehead atoms. The van der Waals surface area contributed by atoms with Gasteiger partial charge in [-0.3, -0.25) is 4.79 Å². The first-order valence-electron chi connectivity index (χ1n) is 8.77. The average Bonchev–Trinajstić information content (AvgIpc) is 2.60. The first-order chi connectivity index (χ1) is 11.3. The number of benzene rings is 1. The Morgan fingerprint density at radius 2 is 2.25 bits per heavy atom. The van der Waals surface area contributed by atoms with Crippen LogP contribution in [-0.2, 0) is 4.79 Å². The minimum absolute atomic E-state index is 0. The number of hydrogen-bond acceptors (Lipinski definition) is 4. The summed E-state index contributed by atoms with van der Waals surface area (Å²) in [6, 6.07) is 8.05. The van der Waals surface area contributed by atoms with Crippen LogP contribution in [0.15, 0.2) is 24.3 Å². The van der Waals surface area contributed by atoms with Gasteiger partial charge in [-0.1, -0.05) is 19.1 Å². The number of piperidine rings is 1. The largest absolute Gasteiger partial charge is 0.477 e. The van der Waals surface area contributed by atoms with Gasteiger partial charge in [0.25, 0.3) is 5.91 Å². The lowest BCUT2D eigenvalue weighted by atomic mass is 9.98. The van der Waals surface area contributed by atoms with Crippen molar-refractivity contribution in [1.82, 2.24) is 10.6 Å². The SMILES string of the molecule is CCCNC(=O)C1CN(CC2CCCNC2)c2ccccc2O1.Cl. The molecule has 0 spiro atoms. The molecule has 1 amide bonds. The molecule has 2 heterocycles. The fourth-order valence-electron chi connectivity index (χ4n) is 3.37. The van der Waals surface area contributed by atoms with Crippen molar-refractivity contribution in [3.8, 4) is 5.75 Å². The summed E-state index contributed by atoms with van der Waals surface area (Å²) in [4.78, 5) is 14.7. The number of ether oxygens (including phenoxy) is 1. The fraction of sp³-hybridized carbons (Fsp3) is 0.611. The molecule has 1 saturated heterocycles. The zero-order valence-electron chi connectivity index (χ0n) is 14.3. The molecule has 1 aromatic rings. The van der Waals surface area contributed by atoms with Crippen LogP contribution in [0.25, 0.3) is 0 Å². The molecule has 0 aliphatic carbocycles. The van der Waals surface area contributed by atoms with Gasteiger partial charge in [-0.05, 0) is 50.4 Å². The van der Waals surface area contributed by atoms with E-state index < -0.39 is 6.10 Å². The maximum absolute atomic E-state index is 12.3. The van der Waals surface area contributed by atoms with Gasteiger partial charge in [0.15, 0.2) is 6.10 Å². The highest BCUT2D eigenvalue weighted by molar-refractivity contribution is 5.85. The standard InChI is InChI=1S/C18H27N3O2.ClH/c1-2-9-20-18(22)17-13-21(12-14-6-5-10-19-11-14)15-7-3-4-8-16(15)23-17;/h3-4,7-8,14,17,19H,2,5-6,9-13H2,1H3,(H,20,22);1H. The maximum atomic E-state index is 12.3. The second-order valence-electron chi connectivity index (χ2n) is 6.48. The van der Waals surface area contributed by atoms with Crippen LogP contribution in [0.5, 0.6) is 5.75 Å². The van der Waals surface area contributed by atoms with Gasteiger partial charge in [0.05, 0.1) is 12.2 Å².